The van der Waals surface area contributed by atoms with E-state index in [1.54, 1.807) is 0 Å². The van der Waals surface area contributed by atoms with Crippen molar-refractivity contribution in [1.82, 2.24) is 5.32 Å². The van der Waals surface area contributed by atoms with E-state index >= 15 is 0 Å². The summed E-state index contributed by atoms with van der Waals surface area (Å²) in [5.74, 6) is 1.40. The lowest BCUT2D eigenvalue weighted by atomic mass is 10.1. The molecule has 0 unspecified atom stereocenters. The quantitative estimate of drug-likeness (QED) is 0.786. The second kappa shape index (κ2) is 5.21. The minimum atomic E-state index is 0.579. The van der Waals surface area contributed by atoms with Crippen molar-refractivity contribution >= 4 is 17.6 Å². The molecule has 0 saturated heterocycles. The Labute approximate surface area is 101 Å². The van der Waals surface area contributed by atoms with Gasteiger partial charge in [0.05, 0.1) is 6.54 Å². The number of halogens is 1. The molecule has 0 atom stereocenters. The van der Waals surface area contributed by atoms with E-state index in [1.807, 2.05) is 12.1 Å². The van der Waals surface area contributed by atoms with Crippen LogP contribution < -0.4 is 11.1 Å². The van der Waals surface area contributed by atoms with Gasteiger partial charge in [0.25, 0.3) is 0 Å². The maximum Gasteiger partial charge on any atom is 0.188 e. The molecule has 1 aromatic carbocycles. The van der Waals surface area contributed by atoms with Crippen molar-refractivity contribution < 1.29 is 0 Å². The number of nitrogens with two attached hydrogens (primary N) is 1. The van der Waals surface area contributed by atoms with E-state index in [0.29, 0.717) is 5.96 Å². The van der Waals surface area contributed by atoms with Crippen LogP contribution in [-0.2, 0) is 0 Å². The molecule has 1 saturated carbocycles. The SMILES string of the molecule is Clc1cccc(C2CC2)c1.NC1=NCCN1. The molecule has 1 fully saturated rings. The van der Waals surface area contributed by atoms with Crippen LogP contribution in [-0.4, -0.2) is 19.0 Å². The summed E-state index contributed by atoms with van der Waals surface area (Å²) in [5, 5.41) is 3.71. The van der Waals surface area contributed by atoms with Gasteiger partial charge >= 0.3 is 0 Å². The van der Waals surface area contributed by atoms with Crippen molar-refractivity contribution in [2.24, 2.45) is 10.7 Å². The zero-order valence-corrected chi connectivity index (χ0v) is 9.87. The third kappa shape index (κ3) is 3.42. The van der Waals surface area contributed by atoms with Gasteiger partial charge < -0.3 is 11.1 Å². The second-order valence-electron chi connectivity index (χ2n) is 4.02. The first-order valence-electron chi connectivity index (χ1n) is 5.55. The molecule has 3 N–H and O–H groups in total. The number of benzene rings is 1. The van der Waals surface area contributed by atoms with Crippen molar-refractivity contribution in [3.63, 3.8) is 0 Å². The Morgan fingerprint density at radius 1 is 1.38 bits per heavy atom. The molecule has 86 valence electrons. The first kappa shape index (κ1) is 11.3. The normalized spacial score (nSPS) is 18.2. The Morgan fingerprint density at radius 2 is 2.19 bits per heavy atom. The zero-order valence-electron chi connectivity index (χ0n) is 9.12. The van der Waals surface area contributed by atoms with Crippen LogP contribution in [0.2, 0.25) is 5.02 Å². The van der Waals surface area contributed by atoms with Crippen molar-refractivity contribution in [2.75, 3.05) is 13.1 Å². The molecule has 1 heterocycles. The van der Waals surface area contributed by atoms with Crippen molar-refractivity contribution in [1.29, 1.82) is 0 Å². The highest BCUT2D eigenvalue weighted by molar-refractivity contribution is 6.30. The average Bonchev–Trinajstić information content (AvgIpc) is 3.02. The second-order valence-corrected chi connectivity index (χ2v) is 4.46. The van der Waals surface area contributed by atoms with Crippen LogP contribution in [0, 0.1) is 0 Å². The van der Waals surface area contributed by atoms with Crippen molar-refractivity contribution in [2.45, 2.75) is 18.8 Å². The molecule has 4 heteroatoms. The van der Waals surface area contributed by atoms with Gasteiger partial charge in [-0.05, 0) is 36.5 Å². The van der Waals surface area contributed by atoms with Crippen molar-refractivity contribution in [3.05, 3.63) is 34.9 Å². The van der Waals surface area contributed by atoms with Crippen molar-refractivity contribution in [3.8, 4) is 0 Å². The lowest BCUT2D eigenvalue weighted by molar-refractivity contribution is 0.957. The minimum absolute atomic E-state index is 0.579. The van der Waals surface area contributed by atoms with Gasteiger partial charge in [0.15, 0.2) is 5.96 Å². The minimum Gasteiger partial charge on any atom is -0.370 e. The largest absolute Gasteiger partial charge is 0.370 e. The fourth-order valence-corrected chi connectivity index (χ4v) is 1.79. The highest BCUT2D eigenvalue weighted by Gasteiger charge is 2.22. The van der Waals surface area contributed by atoms with Crippen LogP contribution in [0.3, 0.4) is 0 Å². The molecule has 1 aliphatic carbocycles. The van der Waals surface area contributed by atoms with E-state index in [9.17, 15) is 0 Å². The molecule has 16 heavy (non-hydrogen) atoms. The Balaban J connectivity index is 0.000000138. The lowest BCUT2D eigenvalue weighted by Gasteiger charge is -1.95. The fourth-order valence-electron chi connectivity index (χ4n) is 1.59. The van der Waals surface area contributed by atoms with Crippen LogP contribution in [0.15, 0.2) is 29.3 Å². The summed E-state index contributed by atoms with van der Waals surface area (Å²) < 4.78 is 0. The number of nitrogens with zero attached hydrogens (tertiary/aromatic N) is 1. The van der Waals surface area contributed by atoms with Gasteiger partial charge in [-0.25, -0.2) is 0 Å². The summed E-state index contributed by atoms with van der Waals surface area (Å²) in [4.78, 5) is 3.82. The summed E-state index contributed by atoms with van der Waals surface area (Å²) in [6.45, 7) is 1.75. The smallest absolute Gasteiger partial charge is 0.188 e. The maximum atomic E-state index is 5.82. The van der Waals surface area contributed by atoms with E-state index < -0.39 is 0 Å². The molecule has 0 spiro atoms. The number of hydrogen-bond acceptors (Lipinski definition) is 3. The summed E-state index contributed by atoms with van der Waals surface area (Å²) in [6, 6.07) is 8.17. The van der Waals surface area contributed by atoms with E-state index in [1.165, 1.54) is 18.4 Å². The first-order valence-corrected chi connectivity index (χ1v) is 5.93. The molecule has 2 aliphatic rings. The fraction of sp³-hybridized carbons (Fsp3) is 0.417. The van der Waals surface area contributed by atoms with Gasteiger partial charge in [0, 0.05) is 11.6 Å². The highest BCUT2D eigenvalue weighted by Crippen LogP contribution is 2.40. The molecular formula is C12H16ClN3. The van der Waals surface area contributed by atoms with Crippen LogP contribution in [0.4, 0.5) is 0 Å². The Kier molecular flexibility index (Phi) is 3.67. The molecule has 1 aromatic rings. The molecule has 0 radical (unpaired) electrons. The standard InChI is InChI=1S/C9H9Cl.C3H7N3/c10-9-3-1-2-8(6-9)7-4-5-7;4-3-5-1-2-6-3/h1-3,6-7H,4-5H2;1-2H2,(H3,4,5,6). The van der Waals surface area contributed by atoms with Gasteiger partial charge in [-0.2, -0.15) is 0 Å². The number of nitrogens with one attached hydrogen (secondary N) is 1. The maximum absolute atomic E-state index is 5.82. The third-order valence-corrected chi connectivity index (χ3v) is 2.83. The van der Waals surface area contributed by atoms with E-state index in [4.69, 9.17) is 17.3 Å². The summed E-state index contributed by atoms with van der Waals surface area (Å²) >= 11 is 5.82. The van der Waals surface area contributed by atoms with Crippen LogP contribution in [0.25, 0.3) is 0 Å². The zero-order chi connectivity index (χ0) is 11.4. The molecular weight excluding hydrogens is 222 g/mol. The molecule has 0 bridgehead atoms. The van der Waals surface area contributed by atoms with Gasteiger partial charge in [0.1, 0.15) is 0 Å². The lowest BCUT2D eigenvalue weighted by Crippen LogP contribution is -2.26. The van der Waals surface area contributed by atoms with Crippen LogP contribution in [0.1, 0.15) is 24.3 Å². The van der Waals surface area contributed by atoms with E-state index in [2.05, 4.69) is 22.4 Å². The van der Waals surface area contributed by atoms with Crippen LogP contribution >= 0.6 is 11.6 Å². The Morgan fingerprint density at radius 3 is 2.62 bits per heavy atom. The van der Waals surface area contributed by atoms with E-state index in [-0.39, 0.29) is 0 Å². The molecule has 0 amide bonds. The van der Waals surface area contributed by atoms with Gasteiger partial charge in [0.2, 0.25) is 0 Å². The van der Waals surface area contributed by atoms with Gasteiger partial charge in [-0.15, -0.1) is 0 Å². The number of rotatable bonds is 1. The number of aliphatic imine (C=N–C) groups is 1. The Bertz CT molecular complexity index is 386. The summed E-state index contributed by atoms with van der Waals surface area (Å²) in [5.41, 5.74) is 6.58. The number of hydrogen-bond donors (Lipinski definition) is 2. The molecule has 0 aromatic heterocycles. The first-order chi connectivity index (χ1) is 7.75. The predicted molar refractivity (Wildman–Crippen MR) is 67.9 cm³/mol. The van der Waals surface area contributed by atoms with Gasteiger partial charge in [-0.3, -0.25) is 4.99 Å². The van der Waals surface area contributed by atoms with E-state index in [0.717, 1.165) is 24.0 Å². The third-order valence-electron chi connectivity index (χ3n) is 2.60. The van der Waals surface area contributed by atoms with Gasteiger partial charge in [-0.1, -0.05) is 23.7 Å². The molecule has 1 aliphatic heterocycles. The van der Waals surface area contributed by atoms with Crippen LogP contribution in [0.5, 0.6) is 0 Å². The topological polar surface area (TPSA) is 50.4 Å². The predicted octanol–water partition coefficient (Wildman–Crippen LogP) is 2.12. The Hall–Kier alpha value is -1.22. The highest BCUT2D eigenvalue weighted by atomic mass is 35.5. The summed E-state index contributed by atoms with van der Waals surface area (Å²) in [6.07, 6.45) is 2.70. The summed E-state index contributed by atoms with van der Waals surface area (Å²) in [7, 11) is 0. The molecule has 3 nitrogen and oxygen atoms in total. The average molecular weight is 238 g/mol. The number of guanidine groups is 1. The monoisotopic (exact) mass is 237 g/mol. The molecule has 3 rings (SSSR count).